The van der Waals surface area contributed by atoms with Gasteiger partial charge in [-0.25, -0.2) is 4.98 Å². The van der Waals surface area contributed by atoms with E-state index < -0.39 is 0 Å². The van der Waals surface area contributed by atoms with Crippen LogP contribution in [-0.2, 0) is 0 Å². The van der Waals surface area contributed by atoms with Crippen molar-refractivity contribution in [2.24, 2.45) is 0 Å². The van der Waals surface area contributed by atoms with Gasteiger partial charge in [-0.2, -0.15) is 0 Å². The van der Waals surface area contributed by atoms with Gasteiger partial charge < -0.3 is 20.1 Å². The average Bonchev–Trinajstić information content (AvgIpc) is 2.68. The Bertz CT molecular complexity index is 940. The SMILES string of the molecule is COc1ccc(OC)c(Nc2ccc(C(=O)Nc3cccc(C)c3)nc2)c1. The summed E-state index contributed by atoms with van der Waals surface area (Å²) in [6, 6.07) is 16.5. The molecule has 6 nitrogen and oxygen atoms in total. The van der Waals surface area contributed by atoms with E-state index >= 15 is 0 Å². The van der Waals surface area contributed by atoms with Gasteiger partial charge in [-0.05, 0) is 48.9 Å². The molecular formula is C21H21N3O3. The molecule has 0 radical (unpaired) electrons. The molecule has 27 heavy (non-hydrogen) atoms. The molecule has 0 fully saturated rings. The number of nitrogens with zero attached hydrogens (tertiary/aromatic N) is 1. The van der Waals surface area contributed by atoms with Crippen LogP contribution in [0, 0.1) is 6.92 Å². The second-order valence-corrected chi connectivity index (χ2v) is 5.95. The molecule has 3 rings (SSSR count). The lowest BCUT2D eigenvalue weighted by atomic mass is 10.2. The molecule has 0 saturated heterocycles. The molecule has 1 aromatic heterocycles. The highest BCUT2D eigenvalue weighted by Crippen LogP contribution is 2.31. The second-order valence-electron chi connectivity index (χ2n) is 5.95. The van der Waals surface area contributed by atoms with E-state index in [1.165, 1.54) is 0 Å². The summed E-state index contributed by atoms with van der Waals surface area (Å²) in [5.74, 6) is 1.13. The van der Waals surface area contributed by atoms with E-state index in [0.29, 0.717) is 17.2 Å². The van der Waals surface area contributed by atoms with Crippen LogP contribution in [-0.4, -0.2) is 25.1 Å². The number of rotatable bonds is 6. The van der Waals surface area contributed by atoms with Gasteiger partial charge in [0, 0.05) is 11.8 Å². The van der Waals surface area contributed by atoms with Gasteiger partial charge in [0.05, 0.1) is 31.8 Å². The Balaban J connectivity index is 1.73. The third kappa shape index (κ3) is 4.55. The number of aromatic nitrogens is 1. The van der Waals surface area contributed by atoms with Crippen LogP contribution in [0.5, 0.6) is 11.5 Å². The van der Waals surface area contributed by atoms with E-state index in [2.05, 4.69) is 15.6 Å². The molecule has 0 bridgehead atoms. The first-order chi connectivity index (χ1) is 13.1. The smallest absolute Gasteiger partial charge is 0.274 e. The Morgan fingerprint density at radius 1 is 0.963 bits per heavy atom. The van der Waals surface area contributed by atoms with E-state index in [1.807, 2.05) is 49.4 Å². The van der Waals surface area contributed by atoms with Gasteiger partial charge >= 0.3 is 0 Å². The number of ether oxygens (including phenoxy) is 2. The maximum Gasteiger partial charge on any atom is 0.274 e. The number of hydrogen-bond acceptors (Lipinski definition) is 5. The van der Waals surface area contributed by atoms with Crippen molar-refractivity contribution in [3.8, 4) is 11.5 Å². The monoisotopic (exact) mass is 363 g/mol. The van der Waals surface area contributed by atoms with Crippen LogP contribution in [0.4, 0.5) is 17.1 Å². The van der Waals surface area contributed by atoms with Crippen LogP contribution in [0.15, 0.2) is 60.8 Å². The summed E-state index contributed by atoms with van der Waals surface area (Å²) in [5.41, 5.74) is 3.63. The highest BCUT2D eigenvalue weighted by molar-refractivity contribution is 6.03. The lowest BCUT2D eigenvalue weighted by molar-refractivity contribution is 0.102. The maximum absolute atomic E-state index is 12.3. The van der Waals surface area contributed by atoms with Crippen LogP contribution >= 0.6 is 0 Å². The van der Waals surface area contributed by atoms with Crippen LogP contribution in [0.2, 0.25) is 0 Å². The standard InChI is InChI=1S/C21H21N3O3/c1-14-5-4-6-15(11-14)24-21(25)18-9-7-16(13-22-18)23-19-12-17(26-2)8-10-20(19)27-3/h4-13,23H,1-3H3,(H,24,25). The summed E-state index contributed by atoms with van der Waals surface area (Å²) in [6.07, 6.45) is 1.60. The fraction of sp³-hybridized carbons (Fsp3) is 0.143. The fourth-order valence-electron chi connectivity index (χ4n) is 2.59. The van der Waals surface area contributed by atoms with Crippen LogP contribution < -0.4 is 20.1 Å². The Morgan fingerprint density at radius 3 is 2.48 bits per heavy atom. The summed E-state index contributed by atoms with van der Waals surface area (Å²) in [6.45, 7) is 1.97. The van der Waals surface area contributed by atoms with Crippen molar-refractivity contribution >= 4 is 23.0 Å². The van der Waals surface area contributed by atoms with Gasteiger partial charge in [0.1, 0.15) is 17.2 Å². The van der Waals surface area contributed by atoms with E-state index in [-0.39, 0.29) is 5.91 Å². The molecule has 138 valence electrons. The summed E-state index contributed by atoms with van der Waals surface area (Å²) >= 11 is 0. The quantitative estimate of drug-likeness (QED) is 0.679. The van der Waals surface area contributed by atoms with Gasteiger partial charge in [0.2, 0.25) is 0 Å². The number of pyridine rings is 1. The minimum atomic E-state index is -0.258. The molecule has 0 saturated carbocycles. The second kappa shape index (κ2) is 8.23. The molecule has 0 atom stereocenters. The predicted octanol–water partition coefficient (Wildman–Crippen LogP) is 4.40. The van der Waals surface area contributed by atoms with Crippen molar-refractivity contribution in [2.45, 2.75) is 6.92 Å². The van der Waals surface area contributed by atoms with Gasteiger partial charge in [0.25, 0.3) is 5.91 Å². The number of nitrogens with one attached hydrogen (secondary N) is 2. The first kappa shape index (κ1) is 18.3. The molecule has 1 heterocycles. The number of hydrogen-bond donors (Lipinski definition) is 2. The Labute approximate surface area is 158 Å². The number of amides is 1. The van der Waals surface area contributed by atoms with Crippen LogP contribution in [0.25, 0.3) is 0 Å². The largest absolute Gasteiger partial charge is 0.497 e. The molecule has 0 aliphatic heterocycles. The fourth-order valence-corrected chi connectivity index (χ4v) is 2.59. The van der Waals surface area contributed by atoms with Gasteiger partial charge in [-0.1, -0.05) is 12.1 Å². The summed E-state index contributed by atoms with van der Waals surface area (Å²) < 4.78 is 10.6. The highest BCUT2D eigenvalue weighted by atomic mass is 16.5. The lowest BCUT2D eigenvalue weighted by Gasteiger charge is -2.13. The Kier molecular flexibility index (Phi) is 5.56. The van der Waals surface area contributed by atoms with Crippen molar-refractivity contribution in [1.29, 1.82) is 0 Å². The zero-order valence-corrected chi connectivity index (χ0v) is 15.4. The number of aryl methyl sites for hydroxylation is 1. The minimum Gasteiger partial charge on any atom is -0.497 e. The normalized spacial score (nSPS) is 10.2. The van der Waals surface area contributed by atoms with E-state index in [4.69, 9.17) is 9.47 Å². The molecule has 6 heteroatoms. The zero-order valence-electron chi connectivity index (χ0n) is 15.4. The van der Waals surface area contributed by atoms with E-state index in [1.54, 1.807) is 32.5 Å². The molecule has 0 unspecified atom stereocenters. The first-order valence-corrected chi connectivity index (χ1v) is 8.42. The lowest BCUT2D eigenvalue weighted by Crippen LogP contribution is -2.13. The number of methoxy groups -OCH3 is 2. The maximum atomic E-state index is 12.3. The van der Waals surface area contributed by atoms with Gasteiger partial charge in [-0.3, -0.25) is 4.79 Å². The van der Waals surface area contributed by atoms with Gasteiger partial charge in [0.15, 0.2) is 0 Å². The van der Waals surface area contributed by atoms with Crippen molar-refractivity contribution in [3.63, 3.8) is 0 Å². The number of carbonyl (C=O) groups is 1. The first-order valence-electron chi connectivity index (χ1n) is 8.42. The third-order valence-electron chi connectivity index (χ3n) is 3.96. The Morgan fingerprint density at radius 2 is 1.81 bits per heavy atom. The molecular weight excluding hydrogens is 342 g/mol. The summed E-state index contributed by atoms with van der Waals surface area (Å²) in [7, 11) is 3.21. The number of anilines is 3. The van der Waals surface area contributed by atoms with E-state index in [0.717, 1.165) is 22.6 Å². The molecule has 0 aliphatic rings. The van der Waals surface area contributed by atoms with Crippen molar-refractivity contribution in [3.05, 3.63) is 72.1 Å². The van der Waals surface area contributed by atoms with Crippen LogP contribution in [0.3, 0.4) is 0 Å². The predicted molar refractivity (Wildman–Crippen MR) is 106 cm³/mol. The summed E-state index contributed by atoms with van der Waals surface area (Å²) in [5, 5.41) is 6.07. The minimum absolute atomic E-state index is 0.258. The average molecular weight is 363 g/mol. The van der Waals surface area contributed by atoms with Gasteiger partial charge in [-0.15, -0.1) is 0 Å². The molecule has 0 spiro atoms. The van der Waals surface area contributed by atoms with Crippen molar-refractivity contribution in [2.75, 3.05) is 24.9 Å². The van der Waals surface area contributed by atoms with Crippen molar-refractivity contribution in [1.82, 2.24) is 4.98 Å². The molecule has 2 N–H and O–H groups in total. The zero-order chi connectivity index (χ0) is 19.2. The number of benzene rings is 2. The Hall–Kier alpha value is -3.54. The third-order valence-corrected chi connectivity index (χ3v) is 3.96. The molecule has 0 aliphatic carbocycles. The van der Waals surface area contributed by atoms with Crippen molar-refractivity contribution < 1.29 is 14.3 Å². The highest BCUT2D eigenvalue weighted by Gasteiger charge is 2.09. The molecule has 2 aromatic carbocycles. The van der Waals surface area contributed by atoms with E-state index in [9.17, 15) is 4.79 Å². The van der Waals surface area contributed by atoms with Crippen LogP contribution in [0.1, 0.15) is 16.1 Å². The number of carbonyl (C=O) groups excluding carboxylic acids is 1. The topological polar surface area (TPSA) is 72.5 Å². The molecule has 3 aromatic rings. The summed E-state index contributed by atoms with van der Waals surface area (Å²) in [4.78, 5) is 16.6. The molecule has 1 amide bonds.